The van der Waals surface area contributed by atoms with Gasteiger partial charge in [0.05, 0.1) is 29.4 Å². The molecule has 3 aromatic heterocycles. The van der Waals surface area contributed by atoms with Crippen molar-refractivity contribution in [2.75, 3.05) is 12.4 Å². The molecule has 5 aromatic rings. The topological polar surface area (TPSA) is 81.2 Å². The number of para-hydroxylation sites is 1. The summed E-state index contributed by atoms with van der Waals surface area (Å²) in [7, 11) is 1.33. The van der Waals surface area contributed by atoms with E-state index < -0.39 is 5.97 Å². The van der Waals surface area contributed by atoms with E-state index in [0.29, 0.717) is 33.8 Å². The van der Waals surface area contributed by atoms with E-state index in [1.54, 1.807) is 24.5 Å². The van der Waals surface area contributed by atoms with Crippen molar-refractivity contribution in [3.05, 3.63) is 113 Å². The van der Waals surface area contributed by atoms with Crippen molar-refractivity contribution >= 4 is 39.1 Å². The molecule has 0 aliphatic heterocycles. The Hall–Kier alpha value is -4.36. The second-order valence-corrected chi connectivity index (χ2v) is 9.01. The standard InChI is InChI=1S/C28H21N3O3S/c1-34-28(33)23-15-20(14-18-8-3-2-4-9-18)35-27(23)31-26(32)22-16-25(19-10-7-13-29-17-19)30-24-12-6-5-11-21(22)24/h2-13,15-17H,14H2,1H3,(H,31,32). The highest BCUT2D eigenvalue weighted by Gasteiger charge is 2.21. The summed E-state index contributed by atoms with van der Waals surface area (Å²) in [4.78, 5) is 35.9. The summed E-state index contributed by atoms with van der Waals surface area (Å²) in [6, 6.07) is 24.7. The first-order chi connectivity index (χ1) is 17.1. The van der Waals surface area contributed by atoms with Crippen LogP contribution in [0.2, 0.25) is 0 Å². The Balaban J connectivity index is 1.53. The highest BCUT2D eigenvalue weighted by molar-refractivity contribution is 7.16. The molecule has 0 aliphatic carbocycles. The molecule has 0 atom stereocenters. The van der Waals surface area contributed by atoms with Crippen LogP contribution in [-0.4, -0.2) is 29.0 Å². The first-order valence-electron chi connectivity index (χ1n) is 11.0. The lowest BCUT2D eigenvalue weighted by Gasteiger charge is -2.10. The van der Waals surface area contributed by atoms with Crippen molar-refractivity contribution in [1.82, 2.24) is 9.97 Å². The third-order valence-corrected chi connectivity index (χ3v) is 6.61. The quantitative estimate of drug-likeness (QED) is 0.303. The van der Waals surface area contributed by atoms with Crippen LogP contribution in [0.4, 0.5) is 5.00 Å². The van der Waals surface area contributed by atoms with Gasteiger partial charge in [-0.3, -0.25) is 9.78 Å². The van der Waals surface area contributed by atoms with Crippen LogP contribution < -0.4 is 5.32 Å². The monoisotopic (exact) mass is 479 g/mol. The van der Waals surface area contributed by atoms with Crippen LogP contribution in [0.15, 0.2) is 91.3 Å². The molecule has 0 spiro atoms. The zero-order valence-electron chi connectivity index (χ0n) is 18.9. The van der Waals surface area contributed by atoms with Gasteiger partial charge in [-0.1, -0.05) is 48.5 Å². The Labute approximate surface area is 206 Å². The zero-order valence-corrected chi connectivity index (χ0v) is 19.7. The van der Waals surface area contributed by atoms with Crippen molar-refractivity contribution in [2.45, 2.75) is 6.42 Å². The SMILES string of the molecule is COC(=O)c1cc(Cc2ccccc2)sc1NC(=O)c1cc(-c2cccnc2)nc2ccccc12. The number of hydrogen-bond acceptors (Lipinski definition) is 6. The number of carbonyl (C=O) groups excluding carboxylic acids is 2. The maximum atomic E-state index is 13.5. The van der Waals surface area contributed by atoms with Crippen molar-refractivity contribution in [1.29, 1.82) is 0 Å². The Kier molecular flexibility index (Phi) is 6.32. The Bertz CT molecular complexity index is 1520. The second-order valence-electron chi connectivity index (χ2n) is 7.88. The van der Waals surface area contributed by atoms with Gasteiger partial charge >= 0.3 is 5.97 Å². The Morgan fingerprint density at radius 1 is 0.943 bits per heavy atom. The zero-order chi connectivity index (χ0) is 24.2. The van der Waals surface area contributed by atoms with Gasteiger partial charge in [-0.05, 0) is 35.9 Å². The van der Waals surface area contributed by atoms with E-state index >= 15 is 0 Å². The third-order valence-electron chi connectivity index (χ3n) is 5.55. The van der Waals surface area contributed by atoms with Gasteiger partial charge < -0.3 is 10.1 Å². The first kappa shape index (κ1) is 22.4. The molecule has 5 rings (SSSR count). The molecule has 0 saturated carbocycles. The fourth-order valence-corrected chi connectivity index (χ4v) is 4.95. The van der Waals surface area contributed by atoms with Crippen LogP contribution in [-0.2, 0) is 11.2 Å². The van der Waals surface area contributed by atoms with Gasteiger partial charge in [0, 0.05) is 34.6 Å². The van der Waals surface area contributed by atoms with Gasteiger partial charge in [0.2, 0.25) is 0 Å². The molecule has 1 amide bonds. The number of nitrogens with one attached hydrogen (secondary N) is 1. The molecule has 2 aromatic carbocycles. The first-order valence-corrected chi connectivity index (χ1v) is 11.8. The van der Waals surface area contributed by atoms with E-state index in [0.717, 1.165) is 21.4 Å². The van der Waals surface area contributed by atoms with Gasteiger partial charge in [-0.2, -0.15) is 0 Å². The van der Waals surface area contributed by atoms with Crippen LogP contribution in [0.25, 0.3) is 22.2 Å². The van der Waals surface area contributed by atoms with E-state index in [1.165, 1.54) is 18.4 Å². The molecule has 6 nitrogen and oxygen atoms in total. The van der Waals surface area contributed by atoms with Gasteiger partial charge in [-0.15, -0.1) is 11.3 Å². The van der Waals surface area contributed by atoms with Crippen LogP contribution in [0.3, 0.4) is 0 Å². The van der Waals surface area contributed by atoms with E-state index in [9.17, 15) is 9.59 Å². The average molecular weight is 480 g/mol. The summed E-state index contributed by atoms with van der Waals surface area (Å²) < 4.78 is 4.97. The summed E-state index contributed by atoms with van der Waals surface area (Å²) in [5.74, 6) is -0.821. The van der Waals surface area contributed by atoms with Crippen LogP contribution in [0.1, 0.15) is 31.2 Å². The van der Waals surface area contributed by atoms with E-state index in [2.05, 4.69) is 10.3 Å². The van der Waals surface area contributed by atoms with Gasteiger partial charge in [0.1, 0.15) is 5.00 Å². The lowest BCUT2D eigenvalue weighted by molar-refractivity contribution is 0.0602. The Morgan fingerprint density at radius 2 is 1.74 bits per heavy atom. The number of rotatable bonds is 6. The maximum absolute atomic E-state index is 13.5. The number of nitrogens with zero attached hydrogens (tertiary/aromatic N) is 2. The molecule has 172 valence electrons. The molecule has 35 heavy (non-hydrogen) atoms. The lowest BCUT2D eigenvalue weighted by atomic mass is 10.0. The summed E-state index contributed by atoms with van der Waals surface area (Å²) >= 11 is 1.37. The van der Waals surface area contributed by atoms with Crippen LogP contribution >= 0.6 is 11.3 Å². The van der Waals surface area contributed by atoms with Crippen molar-refractivity contribution in [2.24, 2.45) is 0 Å². The molecular weight excluding hydrogens is 458 g/mol. The van der Waals surface area contributed by atoms with Crippen LogP contribution in [0.5, 0.6) is 0 Å². The third kappa shape index (κ3) is 4.81. The number of anilines is 1. The number of fused-ring (bicyclic) bond motifs is 1. The Morgan fingerprint density at radius 3 is 2.51 bits per heavy atom. The van der Waals surface area contributed by atoms with Crippen molar-refractivity contribution in [3.63, 3.8) is 0 Å². The normalized spacial score (nSPS) is 10.8. The average Bonchev–Trinajstić information content (AvgIpc) is 3.30. The van der Waals surface area contributed by atoms with E-state index in [4.69, 9.17) is 9.72 Å². The molecule has 0 aliphatic rings. The molecule has 0 saturated heterocycles. The minimum Gasteiger partial charge on any atom is -0.465 e. The summed E-state index contributed by atoms with van der Waals surface area (Å²) in [6.45, 7) is 0. The number of carbonyl (C=O) groups is 2. The van der Waals surface area contributed by atoms with Crippen molar-refractivity contribution < 1.29 is 14.3 Å². The van der Waals surface area contributed by atoms with Gasteiger partial charge in [-0.25, -0.2) is 9.78 Å². The van der Waals surface area contributed by atoms with Gasteiger partial charge in [0.25, 0.3) is 5.91 Å². The second kappa shape index (κ2) is 9.87. The minimum atomic E-state index is -0.494. The minimum absolute atomic E-state index is 0.327. The molecule has 7 heteroatoms. The molecule has 0 radical (unpaired) electrons. The number of esters is 1. The largest absolute Gasteiger partial charge is 0.465 e. The highest BCUT2D eigenvalue weighted by Crippen LogP contribution is 2.32. The molecule has 1 N–H and O–H groups in total. The number of ether oxygens (including phenoxy) is 1. The lowest BCUT2D eigenvalue weighted by Crippen LogP contribution is -2.14. The number of benzene rings is 2. The maximum Gasteiger partial charge on any atom is 0.340 e. The van der Waals surface area contributed by atoms with Crippen LogP contribution in [0, 0.1) is 0 Å². The fourth-order valence-electron chi connectivity index (χ4n) is 3.88. The molecule has 0 unspecified atom stereocenters. The summed E-state index contributed by atoms with van der Waals surface area (Å²) in [5.41, 5.74) is 4.06. The van der Waals surface area contributed by atoms with Crippen molar-refractivity contribution in [3.8, 4) is 11.3 Å². The van der Waals surface area contributed by atoms with E-state index in [1.807, 2.05) is 66.7 Å². The molecule has 0 fully saturated rings. The number of thiophene rings is 1. The highest BCUT2D eigenvalue weighted by atomic mass is 32.1. The van der Waals surface area contributed by atoms with Gasteiger partial charge in [0.15, 0.2) is 0 Å². The smallest absolute Gasteiger partial charge is 0.340 e. The number of methoxy groups -OCH3 is 1. The fraction of sp³-hybridized carbons (Fsp3) is 0.0714. The summed E-state index contributed by atoms with van der Waals surface area (Å²) in [5, 5.41) is 4.13. The predicted molar refractivity (Wildman–Crippen MR) is 138 cm³/mol. The predicted octanol–water partition coefficient (Wildman–Crippen LogP) is 5.99. The molecular formula is C28H21N3O3S. The molecule has 3 heterocycles. The number of pyridine rings is 2. The number of hydrogen-bond donors (Lipinski definition) is 1. The number of aromatic nitrogens is 2. The number of amides is 1. The summed E-state index contributed by atoms with van der Waals surface area (Å²) in [6.07, 6.45) is 4.05. The van der Waals surface area contributed by atoms with E-state index in [-0.39, 0.29) is 5.91 Å². The molecule has 0 bridgehead atoms.